The highest BCUT2D eigenvalue weighted by Crippen LogP contribution is 2.26. The molecule has 3 aromatic rings. The van der Waals surface area contributed by atoms with E-state index in [1.54, 1.807) is 0 Å². The molecule has 1 heterocycles. The van der Waals surface area contributed by atoms with Gasteiger partial charge in [-0.1, -0.05) is 53.2 Å². The smallest absolute Gasteiger partial charge is 0.268 e. The fourth-order valence-corrected chi connectivity index (χ4v) is 3.38. The Hall–Kier alpha value is -2.40. The second-order valence-corrected chi connectivity index (χ2v) is 6.84. The number of aromatic amines is 1. The molecule has 2 N–H and O–H groups in total. The van der Waals surface area contributed by atoms with Gasteiger partial charge in [0, 0.05) is 15.4 Å². The molecule has 0 spiro atoms. The molecule has 0 fully saturated rings. The maximum absolute atomic E-state index is 12.7. The molecule has 0 aliphatic carbocycles. The summed E-state index contributed by atoms with van der Waals surface area (Å²) in [5, 5.41) is 3.85. The van der Waals surface area contributed by atoms with E-state index in [1.807, 2.05) is 55.5 Å². The first-order chi connectivity index (χ1) is 12.1. The monoisotopic (exact) mass is 398 g/mol. The third-order valence-corrected chi connectivity index (χ3v) is 4.72. The summed E-state index contributed by atoms with van der Waals surface area (Å²) >= 11 is 3.47. The molecular weight excluding hydrogens is 380 g/mol. The standard InChI is InChI=1S/C20H19BrN2O2/c1-2-16-17-11-14(21)8-9-18(17)23-19(16)20(25)22-15(12-24)10-13-6-4-3-5-7-13/h3-9,11-12,15,23H,2,10H2,1H3,(H,22,25). The van der Waals surface area contributed by atoms with Crippen molar-refractivity contribution in [3.05, 3.63) is 69.8 Å². The van der Waals surface area contributed by atoms with Crippen LogP contribution in [0.2, 0.25) is 0 Å². The zero-order valence-corrected chi connectivity index (χ0v) is 15.5. The Morgan fingerprint density at radius 2 is 2.00 bits per heavy atom. The normalized spacial score (nSPS) is 12.1. The average Bonchev–Trinajstić information content (AvgIpc) is 2.99. The van der Waals surface area contributed by atoms with Gasteiger partial charge in [-0.05, 0) is 42.2 Å². The first-order valence-electron chi connectivity index (χ1n) is 8.22. The molecule has 1 aromatic heterocycles. The number of carbonyl (C=O) groups excluding carboxylic acids is 2. The van der Waals surface area contributed by atoms with Gasteiger partial charge in [0.05, 0.1) is 6.04 Å². The minimum atomic E-state index is -0.558. The molecule has 0 saturated heterocycles. The van der Waals surface area contributed by atoms with Gasteiger partial charge in [-0.15, -0.1) is 0 Å². The largest absolute Gasteiger partial charge is 0.350 e. The Kier molecular flexibility index (Phi) is 5.34. The molecule has 1 amide bonds. The van der Waals surface area contributed by atoms with Crippen LogP contribution in [0.5, 0.6) is 0 Å². The van der Waals surface area contributed by atoms with Crippen molar-refractivity contribution in [1.82, 2.24) is 10.3 Å². The molecule has 128 valence electrons. The number of amides is 1. The molecule has 25 heavy (non-hydrogen) atoms. The van der Waals surface area contributed by atoms with E-state index >= 15 is 0 Å². The predicted molar refractivity (Wildman–Crippen MR) is 103 cm³/mol. The number of aromatic nitrogens is 1. The lowest BCUT2D eigenvalue weighted by Gasteiger charge is -2.13. The van der Waals surface area contributed by atoms with Crippen LogP contribution in [0.1, 0.15) is 28.5 Å². The Morgan fingerprint density at radius 3 is 2.68 bits per heavy atom. The first-order valence-corrected chi connectivity index (χ1v) is 9.01. The van der Waals surface area contributed by atoms with Gasteiger partial charge in [-0.2, -0.15) is 0 Å². The average molecular weight is 399 g/mol. The zero-order valence-electron chi connectivity index (χ0n) is 13.9. The summed E-state index contributed by atoms with van der Waals surface area (Å²) in [5.74, 6) is -0.253. The molecule has 0 aliphatic rings. The number of rotatable bonds is 6. The Labute approximate surface area is 154 Å². The lowest BCUT2D eigenvalue weighted by molar-refractivity contribution is -0.109. The molecule has 0 aliphatic heterocycles. The third-order valence-electron chi connectivity index (χ3n) is 4.23. The van der Waals surface area contributed by atoms with Gasteiger partial charge in [-0.25, -0.2) is 0 Å². The van der Waals surface area contributed by atoms with Gasteiger partial charge >= 0.3 is 0 Å². The van der Waals surface area contributed by atoms with E-state index in [4.69, 9.17) is 0 Å². The van der Waals surface area contributed by atoms with Gasteiger partial charge in [0.15, 0.2) is 0 Å². The molecular formula is C20H19BrN2O2. The number of hydrogen-bond donors (Lipinski definition) is 2. The number of hydrogen-bond acceptors (Lipinski definition) is 2. The van der Waals surface area contributed by atoms with E-state index < -0.39 is 6.04 Å². The van der Waals surface area contributed by atoms with Gasteiger partial charge in [0.25, 0.3) is 5.91 Å². The van der Waals surface area contributed by atoms with Crippen LogP contribution in [-0.4, -0.2) is 23.2 Å². The summed E-state index contributed by atoms with van der Waals surface area (Å²) in [7, 11) is 0. The van der Waals surface area contributed by atoms with Crippen LogP contribution in [0.4, 0.5) is 0 Å². The maximum atomic E-state index is 12.7. The van der Waals surface area contributed by atoms with Crippen molar-refractivity contribution in [2.24, 2.45) is 0 Å². The topological polar surface area (TPSA) is 62.0 Å². The summed E-state index contributed by atoms with van der Waals surface area (Å²) in [4.78, 5) is 27.3. The van der Waals surface area contributed by atoms with Crippen LogP contribution in [0.25, 0.3) is 10.9 Å². The van der Waals surface area contributed by atoms with Crippen LogP contribution in [0, 0.1) is 0 Å². The minimum Gasteiger partial charge on any atom is -0.350 e. The summed E-state index contributed by atoms with van der Waals surface area (Å²) in [5.41, 5.74) is 3.40. The molecule has 0 saturated carbocycles. The number of carbonyl (C=O) groups is 2. The third kappa shape index (κ3) is 3.82. The summed E-state index contributed by atoms with van der Waals surface area (Å²) in [6, 6.07) is 15.0. The number of aldehydes is 1. The number of fused-ring (bicyclic) bond motifs is 1. The quantitative estimate of drug-likeness (QED) is 0.615. The zero-order chi connectivity index (χ0) is 17.8. The van der Waals surface area contributed by atoms with E-state index in [9.17, 15) is 9.59 Å². The molecule has 1 unspecified atom stereocenters. The van der Waals surface area contributed by atoms with Crippen molar-refractivity contribution in [2.75, 3.05) is 0 Å². The summed E-state index contributed by atoms with van der Waals surface area (Å²) in [6.45, 7) is 2.02. The molecule has 3 rings (SSSR count). The lowest BCUT2D eigenvalue weighted by Crippen LogP contribution is -2.38. The predicted octanol–water partition coefficient (Wildman–Crippen LogP) is 4.03. The summed E-state index contributed by atoms with van der Waals surface area (Å²) < 4.78 is 0.968. The lowest BCUT2D eigenvalue weighted by atomic mass is 10.1. The van der Waals surface area contributed by atoms with E-state index in [-0.39, 0.29) is 5.91 Å². The van der Waals surface area contributed by atoms with E-state index in [0.717, 1.165) is 39.2 Å². The molecule has 5 heteroatoms. The molecule has 1 atom stereocenters. The van der Waals surface area contributed by atoms with Crippen molar-refractivity contribution in [2.45, 2.75) is 25.8 Å². The van der Waals surface area contributed by atoms with Crippen LogP contribution >= 0.6 is 15.9 Å². The maximum Gasteiger partial charge on any atom is 0.268 e. The van der Waals surface area contributed by atoms with Crippen LogP contribution in [0.15, 0.2) is 53.0 Å². The Morgan fingerprint density at radius 1 is 1.24 bits per heavy atom. The number of nitrogens with one attached hydrogen (secondary N) is 2. The van der Waals surface area contributed by atoms with Gasteiger partial charge in [0.1, 0.15) is 12.0 Å². The van der Waals surface area contributed by atoms with Crippen LogP contribution in [-0.2, 0) is 17.6 Å². The van der Waals surface area contributed by atoms with E-state index in [2.05, 4.69) is 26.2 Å². The van der Waals surface area contributed by atoms with Gasteiger partial charge in [0.2, 0.25) is 0 Å². The Balaban J connectivity index is 1.84. The van der Waals surface area contributed by atoms with Crippen molar-refractivity contribution in [3.63, 3.8) is 0 Å². The molecule has 2 aromatic carbocycles. The van der Waals surface area contributed by atoms with Gasteiger partial charge in [-0.3, -0.25) is 4.79 Å². The number of aryl methyl sites for hydroxylation is 1. The van der Waals surface area contributed by atoms with Crippen LogP contribution in [0.3, 0.4) is 0 Å². The fraction of sp³-hybridized carbons (Fsp3) is 0.200. The minimum absolute atomic E-state index is 0.253. The molecule has 4 nitrogen and oxygen atoms in total. The SMILES string of the molecule is CCc1c(C(=O)NC(C=O)Cc2ccccc2)[nH]c2ccc(Br)cc12. The van der Waals surface area contributed by atoms with Crippen molar-refractivity contribution >= 4 is 39.0 Å². The highest BCUT2D eigenvalue weighted by Gasteiger charge is 2.19. The van der Waals surface area contributed by atoms with Crippen molar-refractivity contribution in [1.29, 1.82) is 0 Å². The molecule has 0 radical (unpaired) electrons. The highest BCUT2D eigenvalue weighted by molar-refractivity contribution is 9.10. The van der Waals surface area contributed by atoms with Crippen molar-refractivity contribution in [3.8, 4) is 0 Å². The number of halogens is 1. The molecule has 0 bridgehead atoms. The van der Waals surface area contributed by atoms with Crippen LogP contribution < -0.4 is 5.32 Å². The second kappa shape index (κ2) is 7.66. The van der Waals surface area contributed by atoms with Gasteiger partial charge < -0.3 is 15.1 Å². The van der Waals surface area contributed by atoms with Crippen molar-refractivity contribution < 1.29 is 9.59 Å². The summed E-state index contributed by atoms with van der Waals surface area (Å²) in [6.07, 6.45) is 1.99. The fourth-order valence-electron chi connectivity index (χ4n) is 3.02. The Bertz CT molecular complexity index is 903. The van der Waals surface area contributed by atoms with E-state index in [1.165, 1.54) is 0 Å². The second-order valence-electron chi connectivity index (χ2n) is 5.93. The number of H-pyrrole nitrogens is 1. The van der Waals surface area contributed by atoms with E-state index in [0.29, 0.717) is 12.1 Å². The first kappa shape index (κ1) is 17.4. The highest BCUT2D eigenvalue weighted by atomic mass is 79.9. The number of benzene rings is 2.